The van der Waals surface area contributed by atoms with E-state index in [0.29, 0.717) is 48.1 Å². The number of halogens is 3. The van der Waals surface area contributed by atoms with Gasteiger partial charge in [-0.2, -0.15) is 4.98 Å². The molecule has 3 atom stereocenters. The Balaban J connectivity index is 0.000000251. The summed E-state index contributed by atoms with van der Waals surface area (Å²) >= 11 is 10.4. The van der Waals surface area contributed by atoms with Gasteiger partial charge in [-0.15, -0.1) is 0 Å². The van der Waals surface area contributed by atoms with Gasteiger partial charge >= 0.3 is 6.09 Å². The molecule has 2 bridgehead atoms. The molecule has 2 aliphatic rings. The van der Waals surface area contributed by atoms with Gasteiger partial charge in [-0.3, -0.25) is 18.7 Å². The SMILES string of the molecule is Cn1c(Cl)nc2c(c(I)cn2COCC[Si](C)(C)C)c1=O.Cn1c(N2[C@@H]3CC[C@H]2CC(NC(=O)OC(C)(C)C)C3)nc2c(c(I)cn2COCC[Si](C)(C)C)c1=O. The monoisotopic (exact) mass is 1070 g/mol. The van der Waals surface area contributed by atoms with Crippen molar-refractivity contribution in [1.29, 1.82) is 0 Å². The van der Waals surface area contributed by atoms with Crippen molar-refractivity contribution in [3.63, 3.8) is 0 Å². The van der Waals surface area contributed by atoms with Crippen LogP contribution < -0.4 is 21.3 Å². The summed E-state index contributed by atoms with van der Waals surface area (Å²) in [6, 6.07) is 2.70. The standard InChI is InChI=1S/C25H40IN5O4Si.C13H19ClIN3O2Si/c1-25(2,3)35-24(33)27-16-12-17-8-9-18(13-16)31(17)23-28-21-20(22(32)29(23)4)19(26)14-30(21)15-34-10-11-36(5,6)7;1-17-12(19)10-9(15)7-18(11(10)16-13(17)14)8-20-5-6-21(2,3)4/h14,16-18H,8-13,15H2,1-7H3,(H,27,33);7H,5-6,8H2,1-4H3/t16?,17-,18+;. The lowest BCUT2D eigenvalue weighted by molar-refractivity contribution is 0.0492. The van der Waals surface area contributed by atoms with E-state index in [2.05, 4.69) is 99.7 Å². The number of ether oxygens (including phenoxy) is 3. The number of hydrogen-bond acceptors (Lipinski definition) is 9. The van der Waals surface area contributed by atoms with E-state index in [1.807, 2.05) is 49.3 Å². The summed E-state index contributed by atoms with van der Waals surface area (Å²) in [5, 5.41) is 4.48. The van der Waals surface area contributed by atoms with Gasteiger partial charge in [-0.25, -0.2) is 9.78 Å². The molecule has 0 spiro atoms. The van der Waals surface area contributed by atoms with Crippen molar-refractivity contribution in [3.8, 4) is 0 Å². The Morgan fingerprint density at radius 3 is 1.74 bits per heavy atom. The summed E-state index contributed by atoms with van der Waals surface area (Å²) in [5.74, 6) is 0.702. The molecule has 19 heteroatoms. The summed E-state index contributed by atoms with van der Waals surface area (Å²) in [7, 11) is 1.16. The predicted molar refractivity (Wildman–Crippen MR) is 250 cm³/mol. The van der Waals surface area contributed by atoms with Gasteiger partial charge in [0.05, 0.1) is 10.8 Å². The van der Waals surface area contributed by atoms with Crippen molar-refractivity contribution >= 4 is 107 Å². The van der Waals surface area contributed by atoms with Gasteiger partial charge < -0.3 is 33.6 Å². The van der Waals surface area contributed by atoms with Gasteiger partial charge in [-0.1, -0.05) is 39.3 Å². The largest absolute Gasteiger partial charge is 0.444 e. The second-order valence-corrected chi connectivity index (χ2v) is 32.5. The number of nitrogens with one attached hydrogen (secondary N) is 1. The van der Waals surface area contributed by atoms with Crippen LogP contribution in [-0.2, 0) is 41.8 Å². The Morgan fingerprint density at radius 1 is 0.825 bits per heavy atom. The molecule has 2 saturated heterocycles. The van der Waals surface area contributed by atoms with E-state index in [-0.39, 0.29) is 40.6 Å². The fourth-order valence-electron chi connectivity index (χ4n) is 7.11. The average Bonchev–Trinajstić information content (AvgIpc) is 3.66. The second kappa shape index (κ2) is 18.3. The van der Waals surface area contributed by atoms with E-state index in [4.69, 9.17) is 30.8 Å². The van der Waals surface area contributed by atoms with Crippen LogP contribution in [0.4, 0.5) is 10.7 Å². The summed E-state index contributed by atoms with van der Waals surface area (Å²) in [6.07, 6.45) is 7.12. The highest BCUT2D eigenvalue weighted by Gasteiger charge is 2.43. The minimum Gasteiger partial charge on any atom is -0.444 e. The molecule has 4 aromatic rings. The number of nitrogens with zero attached hydrogens (tertiary/aromatic N) is 7. The number of piperidine rings is 1. The molecule has 1 N–H and O–H groups in total. The second-order valence-electron chi connectivity index (χ2n) is 18.6. The smallest absolute Gasteiger partial charge is 0.407 e. The zero-order chi connectivity index (χ0) is 42.2. The molecule has 2 aliphatic heterocycles. The number of hydrogen-bond donors (Lipinski definition) is 1. The molecule has 0 radical (unpaired) electrons. The summed E-state index contributed by atoms with van der Waals surface area (Å²) in [4.78, 5) is 49.7. The molecule has 0 saturated carbocycles. The average molecular weight is 1070 g/mol. The Morgan fingerprint density at radius 2 is 1.28 bits per heavy atom. The van der Waals surface area contributed by atoms with Crippen LogP contribution in [0, 0.1) is 7.14 Å². The summed E-state index contributed by atoms with van der Waals surface area (Å²) in [5.41, 5.74) is 0.579. The van der Waals surface area contributed by atoms with Crippen LogP contribution in [0.15, 0.2) is 22.0 Å². The van der Waals surface area contributed by atoms with Crippen molar-refractivity contribution < 1.29 is 19.0 Å². The van der Waals surface area contributed by atoms with E-state index >= 15 is 0 Å². The van der Waals surface area contributed by atoms with Crippen LogP contribution in [0.5, 0.6) is 0 Å². The highest BCUT2D eigenvalue weighted by atomic mass is 127. The summed E-state index contributed by atoms with van der Waals surface area (Å²) < 4.78 is 25.8. The fraction of sp³-hybridized carbons (Fsp3) is 0.658. The predicted octanol–water partition coefficient (Wildman–Crippen LogP) is 7.98. The van der Waals surface area contributed by atoms with Crippen LogP contribution in [0.3, 0.4) is 0 Å². The first-order chi connectivity index (χ1) is 26.4. The molecular weight excluding hydrogens is 1010 g/mol. The maximum Gasteiger partial charge on any atom is 0.407 e. The van der Waals surface area contributed by atoms with E-state index in [0.717, 1.165) is 51.5 Å². The molecule has 6 rings (SSSR count). The molecule has 57 heavy (non-hydrogen) atoms. The first-order valence-corrected chi connectivity index (χ1v) is 29.5. The molecule has 1 unspecified atom stereocenters. The molecule has 316 valence electrons. The molecule has 4 aromatic heterocycles. The van der Waals surface area contributed by atoms with Crippen LogP contribution in [0.2, 0.25) is 56.7 Å². The fourth-order valence-corrected chi connectivity index (χ4v) is 10.4. The number of amides is 1. The zero-order valence-electron chi connectivity index (χ0n) is 35.2. The minimum atomic E-state index is -1.17. The minimum absolute atomic E-state index is 0.0337. The lowest BCUT2D eigenvalue weighted by Gasteiger charge is -2.40. The van der Waals surface area contributed by atoms with Gasteiger partial charge in [0.25, 0.3) is 11.1 Å². The topological polar surface area (TPSA) is 140 Å². The van der Waals surface area contributed by atoms with Crippen LogP contribution in [-0.4, -0.2) is 87.4 Å². The Kier molecular flexibility index (Phi) is 14.8. The van der Waals surface area contributed by atoms with Crippen molar-refractivity contribution in [3.05, 3.63) is 45.5 Å². The highest BCUT2D eigenvalue weighted by Crippen LogP contribution is 2.39. The molecular formula is C38H59ClI2N8O6Si2. The quantitative estimate of drug-likeness (QED) is 0.0648. The van der Waals surface area contributed by atoms with Crippen molar-refractivity contribution in [2.24, 2.45) is 14.1 Å². The molecule has 6 heterocycles. The first kappa shape index (κ1) is 46.1. The van der Waals surface area contributed by atoms with Crippen LogP contribution in [0.1, 0.15) is 46.5 Å². The third kappa shape index (κ3) is 11.6. The number of aromatic nitrogens is 6. The van der Waals surface area contributed by atoms with Crippen molar-refractivity contribution in [2.75, 3.05) is 18.1 Å². The van der Waals surface area contributed by atoms with Gasteiger partial charge in [0.15, 0.2) is 11.3 Å². The molecule has 14 nitrogen and oxygen atoms in total. The van der Waals surface area contributed by atoms with E-state index in [9.17, 15) is 14.4 Å². The number of anilines is 1. The maximum absolute atomic E-state index is 13.4. The lowest BCUT2D eigenvalue weighted by atomic mass is 9.98. The highest BCUT2D eigenvalue weighted by molar-refractivity contribution is 14.1. The maximum atomic E-state index is 13.4. The number of rotatable bonds is 12. The van der Waals surface area contributed by atoms with Gasteiger partial charge in [0.2, 0.25) is 11.2 Å². The third-order valence-corrected chi connectivity index (χ3v) is 15.5. The zero-order valence-corrected chi connectivity index (χ0v) is 42.2. The van der Waals surface area contributed by atoms with Gasteiger partial charge in [0, 0.05) is 81.1 Å². The van der Waals surface area contributed by atoms with Gasteiger partial charge in [-0.05, 0) is 115 Å². The van der Waals surface area contributed by atoms with Crippen LogP contribution >= 0.6 is 56.8 Å². The van der Waals surface area contributed by atoms with Crippen LogP contribution in [0.25, 0.3) is 22.1 Å². The Bertz CT molecular complexity index is 2190. The molecule has 2 fully saturated rings. The first-order valence-electron chi connectivity index (χ1n) is 19.5. The van der Waals surface area contributed by atoms with Crippen molar-refractivity contribution in [2.45, 2.75) is 135 Å². The van der Waals surface area contributed by atoms with E-state index in [1.165, 1.54) is 4.57 Å². The summed E-state index contributed by atoms with van der Waals surface area (Å²) in [6.45, 7) is 21.8. The van der Waals surface area contributed by atoms with E-state index < -0.39 is 21.7 Å². The molecule has 0 aromatic carbocycles. The number of carbonyl (C=O) groups is 1. The third-order valence-electron chi connectivity index (χ3n) is 10.2. The molecule has 1 amide bonds. The lowest BCUT2D eigenvalue weighted by Crippen LogP contribution is -2.52. The normalized spacial score (nSPS) is 18.6. The number of alkyl carbamates (subject to hydrolysis) is 1. The Hall–Kier alpha value is -1.99. The number of carbonyl (C=O) groups excluding carboxylic acids is 1. The van der Waals surface area contributed by atoms with Gasteiger partial charge in [0.1, 0.15) is 19.1 Å². The van der Waals surface area contributed by atoms with Crippen molar-refractivity contribution in [1.82, 2.24) is 33.6 Å². The Labute approximate surface area is 369 Å². The molecule has 0 aliphatic carbocycles. The van der Waals surface area contributed by atoms with E-state index in [1.54, 1.807) is 11.6 Å². The number of fused-ring (bicyclic) bond motifs is 4.